The molecule has 1 N–H and O–H groups in total. The first-order valence-electron chi connectivity index (χ1n) is 5.06. The molecule has 94 valence electrons. The molecule has 7 heteroatoms. The van der Waals surface area contributed by atoms with E-state index < -0.39 is 5.97 Å². The van der Waals surface area contributed by atoms with Crippen LogP contribution in [0.1, 0.15) is 16.2 Å². The Bertz CT molecular complexity index is 565. The molecule has 0 saturated heterocycles. The van der Waals surface area contributed by atoms with Gasteiger partial charge in [0.05, 0.1) is 12.3 Å². The van der Waals surface area contributed by atoms with E-state index in [9.17, 15) is 4.79 Å². The molecule has 1 aromatic heterocycles. The van der Waals surface area contributed by atoms with Gasteiger partial charge in [0.15, 0.2) is 5.69 Å². The SMILES string of the molecule is COCc1c(C(=O)O)nnn1-c1ccc(Br)cc1. The van der Waals surface area contributed by atoms with Crippen LogP contribution >= 0.6 is 15.9 Å². The molecule has 0 fully saturated rings. The molecule has 0 aliphatic rings. The van der Waals surface area contributed by atoms with Gasteiger partial charge < -0.3 is 9.84 Å². The summed E-state index contributed by atoms with van der Waals surface area (Å²) >= 11 is 3.33. The Hall–Kier alpha value is -1.73. The van der Waals surface area contributed by atoms with Crippen LogP contribution in [0.5, 0.6) is 0 Å². The number of carboxylic acids is 1. The number of aromatic carboxylic acids is 1. The highest BCUT2D eigenvalue weighted by Crippen LogP contribution is 2.17. The van der Waals surface area contributed by atoms with Gasteiger partial charge in [0.2, 0.25) is 0 Å². The van der Waals surface area contributed by atoms with Crippen LogP contribution in [-0.4, -0.2) is 33.2 Å². The molecule has 0 saturated carbocycles. The number of methoxy groups -OCH3 is 1. The van der Waals surface area contributed by atoms with Crippen molar-refractivity contribution >= 4 is 21.9 Å². The van der Waals surface area contributed by atoms with Gasteiger partial charge in [0.25, 0.3) is 0 Å². The number of aromatic nitrogens is 3. The van der Waals surface area contributed by atoms with E-state index in [1.807, 2.05) is 24.3 Å². The summed E-state index contributed by atoms with van der Waals surface area (Å²) < 4.78 is 7.38. The van der Waals surface area contributed by atoms with E-state index >= 15 is 0 Å². The largest absolute Gasteiger partial charge is 0.476 e. The van der Waals surface area contributed by atoms with Crippen LogP contribution in [0.2, 0.25) is 0 Å². The first kappa shape index (κ1) is 12.7. The zero-order valence-corrected chi connectivity index (χ0v) is 11.1. The van der Waals surface area contributed by atoms with E-state index in [1.54, 1.807) is 0 Å². The summed E-state index contributed by atoms with van der Waals surface area (Å²) in [4.78, 5) is 11.0. The Labute approximate surface area is 111 Å². The summed E-state index contributed by atoms with van der Waals surface area (Å²) in [6.07, 6.45) is 0. The van der Waals surface area contributed by atoms with Crippen molar-refractivity contribution in [3.8, 4) is 5.69 Å². The first-order valence-corrected chi connectivity index (χ1v) is 5.85. The summed E-state index contributed by atoms with van der Waals surface area (Å²) in [5.74, 6) is -1.12. The zero-order valence-electron chi connectivity index (χ0n) is 9.50. The molecule has 0 aliphatic heterocycles. The Morgan fingerprint density at radius 3 is 2.67 bits per heavy atom. The lowest BCUT2D eigenvalue weighted by Gasteiger charge is -2.06. The van der Waals surface area contributed by atoms with E-state index in [0.717, 1.165) is 10.2 Å². The standard InChI is InChI=1S/C11H10BrN3O3/c1-18-6-9-10(11(16)17)13-14-15(9)8-4-2-7(12)3-5-8/h2-5H,6H2,1H3,(H,16,17). The van der Waals surface area contributed by atoms with Crippen LogP contribution in [-0.2, 0) is 11.3 Å². The molecule has 0 aliphatic carbocycles. The molecular formula is C11H10BrN3O3. The Balaban J connectivity index is 2.50. The Kier molecular flexibility index (Phi) is 3.73. The van der Waals surface area contributed by atoms with Crippen LogP contribution in [0, 0.1) is 0 Å². The van der Waals surface area contributed by atoms with Crippen LogP contribution in [0.3, 0.4) is 0 Å². The molecule has 2 rings (SSSR count). The second-order valence-corrected chi connectivity index (χ2v) is 4.43. The van der Waals surface area contributed by atoms with Crippen molar-refractivity contribution in [2.24, 2.45) is 0 Å². The predicted molar refractivity (Wildman–Crippen MR) is 66.7 cm³/mol. The second-order valence-electron chi connectivity index (χ2n) is 3.51. The lowest BCUT2D eigenvalue weighted by Crippen LogP contribution is -2.07. The van der Waals surface area contributed by atoms with Crippen molar-refractivity contribution in [2.75, 3.05) is 7.11 Å². The second kappa shape index (κ2) is 5.28. The molecular weight excluding hydrogens is 302 g/mol. The molecule has 2 aromatic rings. The molecule has 0 atom stereocenters. The van der Waals surface area contributed by atoms with Gasteiger partial charge in [-0.05, 0) is 24.3 Å². The highest BCUT2D eigenvalue weighted by molar-refractivity contribution is 9.10. The highest BCUT2D eigenvalue weighted by atomic mass is 79.9. The van der Waals surface area contributed by atoms with Gasteiger partial charge in [0.1, 0.15) is 5.69 Å². The monoisotopic (exact) mass is 311 g/mol. The van der Waals surface area contributed by atoms with Crippen LogP contribution in [0.15, 0.2) is 28.7 Å². The fourth-order valence-corrected chi connectivity index (χ4v) is 1.79. The van der Waals surface area contributed by atoms with Gasteiger partial charge in [-0.1, -0.05) is 21.1 Å². The number of hydrogen-bond donors (Lipinski definition) is 1. The van der Waals surface area contributed by atoms with Gasteiger partial charge in [-0.25, -0.2) is 9.48 Å². The number of rotatable bonds is 4. The molecule has 6 nitrogen and oxygen atoms in total. The Morgan fingerprint density at radius 1 is 1.44 bits per heavy atom. The van der Waals surface area contributed by atoms with E-state index in [1.165, 1.54) is 11.8 Å². The van der Waals surface area contributed by atoms with Crippen LogP contribution < -0.4 is 0 Å². The van der Waals surface area contributed by atoms with Crippen molar-refractivity contribution in [3.05, 3.63) is 40.1 Å². The number of carbonyl (C=O) groups is 1. The highest BCUT2D eigenvalue weighted by Gasteiger charge is 2.19. The first-order chi connectivity index (χ1) is 8.63. The normalized spacial score (nSPS) is 10.6. The van der Waals surface area contributed by atoms with Gasteiger partial charge >= 0.3 is 5.97 Å². The minimum Gasteiger partial charge on any atom is -0.476 e. The molecule has 1 heterocycles. The molecule has 0 amide bonds. The average Bonchev–Trinajstić information content (AvgIpc) is 2.74. The van der Waals surface area contributed by atoms with E-state index in [2.05, 4.69) is 26.2 Å². The molecule has 0 unspecified atom stereocenters. The fraction of sp³-hybridized carbons (Fsp3) is 0.182. The lowest BCUT2D eigenvalue weighted by atomic mass is 10.3. The third-order valence-corrected chi connectivity index (χ3v) is 2.85. The van der Waals surface area contributed by atoms with Crippen molar-refractivity contribution in [2.45, 2.75) is 6.61 Å². The number of benzene rings is 1. The molecule has 1 aromatic carbocycles. The number of nitrogens with zero attached hydrogens (tertiary/aromatic N) is 3. The average molecular weight is 312 g/mol. The van der Waals surface area contributed by atoms with Gasteiger partial charge in [-0.2, -0.15) is 0 Å². The lowest BCUT2D eigenvalue weighted by molar-refractivity contribution is 0.0685. The number of carboxylic acid groups (broad SMARTS) is 1. The smallest absolute Gasteiger partial charge is 0.358 e. The van der Waals surface area contributed by atoms with Gasteiger partial charge in [-0.15, -0.1) is 5.10 Å². The van der Waals surface area contributed by atoms with E-state index in [-0.39, 0.29) is 12.3 Å². The summed E-state index contributed by atoms with van der Waals surface area (Å²) in [6.45, 7) is 0.130. The van der Waals surface area contributed by atoms with Gasteiger partial charge in [-0.3, -0.25) is 0 Å². The van der Waals surface area contributed by atoms with Crippen molar-refractivity contribution < 1.29 is 14.6 Å². The predicted octanol–water partition coefficient (Wildman–Crippen LogP) is 1.87. The number of ether oxygens (including phenoxy) is 1. The zero-order chi connectivity index (χ0) is 13.1. The van der Waals surface area contributed by atoms with E-state index in [0.29, 0.717) is 5.69 Å². The quantitative estimate of drug-likeness (QED) is 0.932. The minimum absolute atomic E-state index is 0.0974. The van der Waals surface area contributed by atoms with Crippen molar-refractivity contribution in [1.29, 1.82) is 0 Å². The molecule has 18 heavy (non-hydrogen) atoms. The van der Waals surface area contributed by atoms with E-state index in [4.69, 9.17) is 9.84 Å². The van der Waals surface area contributed by atoms with Crippen LogP contribution in [0.25, 0.3) is 5.69 Å². The van der Waals surface area contributed by atoms with Crippen molar-refractivity contribution in [3.63, 3.8) is 0 Å². The van der Waals surface area contributed by atoms with Gasteiger partial charge in [0, 0.05) is 11.6 Å². The minimum atomic E-state index is -1.12. The third-order valence-electron chi connectivity index (χ3n) is 2.32. The summed E-state index contributed by atoms with van der Waals surface area (Å²) in [6, 6.07) is 7.30. The summed E-state index contributed by atoms with van der Waals surface area (Å²) in [7, 11) is 1.49. The summed E-state index contributed by atoms with van der Waals surface area (Å²) in [5.41, 5.74) is 1.04. The topological polar surface area (TPSA) is 77.2 Å². The van der Waals surface area contributed by atoms with Crippen LogP contribution in [0.4, 0.5) is 0 Å². The Morgan fingerprint density at radius 2 is 2.11 bits per heavy atom. The summed E-state index contributed by atoms with van der Waals surface area (Å²) in [5, 5.41) is 16.5. The molecule has 0 radical (unpaired) electrons. The number of hydrogen-bond acceptors (Lipinski definition) is 4. The maximum absolute atomic E-state index is 11.0. The molecule has 0 bridgehead atoms. The number of halogens is 1. The molecule has 0 spiro atoms. The van der Waals surface area contributed by atoms with Crippen molar-refractivity contribution in [1.82, 2.24) is 15.0 Å². The third kappa shape index (κ3) is 2.41. The fourth-order valence-electron chi connectivity index (χ4n) is 1.52. The maximum atomic E-state index is 11.0. The maximum Gasteiger partial charge on any atom is 0.358 e.